The van der Waals surface area contributed by atoms with Gasteiger partial charge in [-0.15, -0.1) is 0 Å². The number of aromatic amines is 1. The van der Waals surface area contributed by atoms with Gasteiger partial charge in [-0.3, -0.25) is 4.98 Å². The molecule has 2 aromatic heterocycles. The Bertz CT molecular complexity index is 923. The molecule has 0 aliphatic carbocycles. The molecule has 102 valence electrons. The van der Waals surface area contributed by atoms with Crippen LogP contribution in [0, 0.1) is 11.6 Å². The van der Waals surface area contributed by atoms with Crippen molar-refractivity contribution in [3.05, 3.63) is 60.3 Å². The van der Waals surface area contributed by atoms with Gasteiger partial charge in [-0.05, 0) is 30.3 Å². The molecule has 0 atom stereocenters. The van der Waals surface area contributed by atoms with Gasteiger partial charge in [0.1, 0.15) is 17.5 Å². The Kier molecular flexibility index (Phi) is 2.47. The smallest absolute Gasteiger partial charge is 0.141 e. The Hall–Kier alpha value is -2.82. The van der Waals surface area contributed by atoms with Gasteiger partial charge in [-0.1, -0.05) is 6.07 Å². The lowest BCUT2D eigenvalue weighted by atomic mass is 10.2. The highest BCUT2D eigenvalue weighted by atomic mass is 19.1. The summed E-state index contributed by atoms with van der Waals surface area (Å²) in [6.45, 7) is 0. The van der Waals surface area contributed by atoms with Crippen LogP contribution in [-0.2, 0) is 0 Å². The van der Waals surface area contributed by atoms with Gasteiger partial charge in [0.2, 0.25) is 0 Å². The zero-order valence-corrected chi connectivity index (χ0v) is 10.8. The van der Waals surface area contributed by atoms with Crippen LogP contribution in [0.4, 0.5) is 8.78 Å². The minimum absolute atomic E-state index is 0.240. The summed E-state index contributed by atoms with van der Waals surface area (Å²) < 4.78 is 26.8. The van der Waals surface area contributed by atoms with E-state index in [4.69, 9.17) is 0 Å². The standard InChI is InChI=1S/C16H9F2N3/c17-10-3-4-11(12(18)7-10)16-20-14-6-9-2-1-5-19-13(9)8-15(14)21-16/h1-8H,(H,20,21). The average molecular weight is 281 g/mol. The largest absolute Gasteiger partial charge is 0.338 e. The lowest BCUT2D eigenvalue weighted by Crippen LogP contribution is -1.87. The lowest BCUT2D eigenvalue weighted by Gasteiger charge is -1.98. The van der Waals surface area contributed by atoms with Crippen molar-refractivity contribution in [2.24, 2.45) is 0 Å². The van der Waals surface area contributed by atoms with Gasteiger partial charge in [0.05, 0.1) is 22.1 Å². The molecule has 21 heavy (non-hydrogen) atoms. The van der Waals surface area contributed by atoms with Gasteiger partial charge in [0.15, 0.2) is 0 Å². The SMILES string of the molecule is Fc1ccc(-c2nc3cc4ncccc4cc3[nH]2)c(F)c1. The third-order valence-corrected chi connectivity index (χ3v) is 3.39. The van der Waals surface area contributed by atoms with E-state index in [9.17, 15) is 8.78 Å². The summed E-state index contributed by atoms with van der Waals surface area (Å²) in [4.78, 5) is 11.7. The third kappa shape index (κ3) is 1.94. The number of H-pyrrole nitrogens is 1. The fourth-order valence-electron chi connectivity index (χ4n) is 2.39. The molecule has 5 heteroatoms. The van der Waals surface area contributed by atoms with Crippen LogP contribution in [0.1, 0.15) is 0 Å². The van der Waals surface area contributed by atoms with E-state index >= 15 is 0 Å². The number of benzene rings is 2. The van der Waals surface area contributed by atoms with Crippen LogP contribution in [0.5, 0.6) is 0 Å². The molecule has 0 radical (unpaired) electrons. The van der Waals surface area contributed by atoms with E-state index in [-0.39, 0.29) is 5.56 Å². The number of aromatic nitrogens is 3. The fraction of sp³-hybridized carbons (Fsp3) is 0. The molecule has 2 aromatic carbocycles. The van der Waals surface area contributed by atoms with Crippen molar-refractivity contribution in [2.75, 3.05) is 0 Å². The van der Waals surface area contributed by atoms with Crippen LogP contribution in [0.2, 0.25) is 0 Å². The molecule has 0 saturated carbocycles. The van der Waals surface area contributed by atoms with E-state index in [0.717, 1.165) is 22.5 Å². The van der Waals surface area contributed by atoms with Crippen LogP contribution in [0.25, 0.3) is 33.3 Å². The van der Waals surface area contributed by atoms with Crippen molar-refractivity contribution >= 4 is 21.9 Å². The maximum absolute atomic E-state index is 13.8. The van der Waals surface area contributed by atoms with E-state index in [1.807, 2.05) is 24.3 Å². The second-order valence-electron chi connectivity index (χ2n) is 4.78. The number of nitrogens with one attached hydrogen (secondary N) is 1. The normalized spacial score (nSPS) is 11.3. The Morgan fingerprint density at radius 1 is 0.952 bits per heavy atom. The second-order valence-corrected chi connectivity index (χ2v) is 4.78. The van der Waals surface area contributed by atoms with Crippen LogP contribution in [-0.4, -0.2) is 15.0 Å². The molecule has 0 bridgehead atoms. The van der Waals surface area contributed by atoms with E-state index in [1.54, 1.807) is 6.20 Å². The lowest BCUT2D eigenvalue weighted by molar-refractivity contribution is 0.585. The van der Waals surface area contributed by atoms with Crippen molar-refractivity contribution in [2.45, 2.75) is 0 Å². The summed E-state index contributed by atoms with van der Waals surface area (Å²) in [5.74, 6) is -0.878. The highest BCUT2D eigenvalue weighted by Crippen LogP contribution is 2.26. The Morgan fingerprint density at radius 2 is 1.86 bits per heavy atom. The zero-order valence-electron chi connectivity index (χ0n) is 10.8. The Balaban J connectivity index is 1.95. The summed E-state index contributed by atoms with van der Waals surface area (Å²) in [5, 5.41) is 0.972. The van der Waals surface area contributed by atoms with Crippen LogP contribution in [0.3, 0.4) is 0 Å². The molecule has 0 amide bonds. The number of rotatable bonds is 1. The van der Waals surface area contributed by atoms with E-state index in [1.165, 1.54) is 12.1 Å². The van der Waals surface area contributed by atoms with E-state index in [0.29, 0.717) is 11.3 Å². The van der Waals surface area contributed by atoms with Crippen molar-refractivity contribution in [1.82, 2.24) is 15.0 Å². The molecule has 1 N–H and O–H groups in total. The van der Waals surface area contributed by atoms with Crippen LogP contribution in [0.15, 0.2) is 48.7 Å². The van der Waals surface area contributed by atoms with Crippen molar-refractivity contribution in [1.29, 1.82) is 0 Å². The summed E-state index contributed by atoms with van der Waals surface area (Å²) in [6.07, 6.45) is 1.71. The summed E-state index contributed by atoms with van der Waals surface area (Å²) in [5.41, 5.74) is 2.54. The summed E-state index contributed by atoms with van der Waals surface area (Å²) in [7, 11) is 0. The summed E-state index contributed by atoms with van der Waals surface area (Å²) in [6, 6.07) is 11.0. The molecule has 0 aliphatic heterocycles. The molecule has 4 aromatic rings. The first-order valence-corrected chi connectivity index (χ1v) is 6.41. The van der Waals surface area contributed by atoms with Crippen LogP contribution < -0.4 is 0 Å². The topological polar surface area (TPSA) is 41.6 Å². The average Bonchev–Trinajstić information content (AvgIpc) is 2.87. The first-order valence-electron chi connectivity index (χ1n) is 6.41. The van der Waals surface area contributed by atoms with Gasteiger partial charge < -0.3 is 4.98 Å². The molecular weight excluding hydrogens is 272 g/mol. The van der Waals surface area contributed by atoms with E-state index in [2.05, 4.69) is 15.0 Å². The predicted octanol–water partition coefficient (Wildman–Crippen LogP) is 4.06. The first-order chi connectivity index (χ1) is 10.2. The predicted molar refractivity (Wildman–Crippen MR) is 76.7 cm³/mol. The molecule has 4 rings (SSSR count). The molecule has 0 fully saturated rings. The minimum atomic E-state index is -0.642. The first kappa shape index (κ1) is 12.0. The van der Waals surface area contributed by atoms with Gasteiger partial charge in [-0.25, -0.2) is 13.8 Å². The van der Waals surface area contributed by atoms with Crippen LogP contribution >= 0.6 is 0 Å². The maximum Gasteiger partial charge on any atom is 0.141 e. The number of halogens is 2. The number of hydrogen-bond acceptors (Lipinski definition) is 2. The second kappa shape index (κ2) is 4.34. The zero-order chi connectivity index (χ0) is 14.4. The van der Waals surface area contributed by atoms with Gasteiger partial charge in [0.25, 0.3) is 0 Å². The molecule has 3 nitrogen and oxygen atoms in total. The monoisotopic (exact) mass is 281 g/mol. The van der Waals surface area contributed by atoms with Crippen molar-refractivity contribution < 1.29 is 8.78 Å². The molecule has 2 heterocycles. The van der Waals surface area contributed by atoms with Gasteiger partial charge >= 0.3 is 0 Å². The quantitative estimate of drug-likeness (QED) is 0.571. The number of pyridine rings is 1. The number of fused-ring (bicyclic) bond motifs is 2. The fourth-order valence-corrected chi connectivity index (χ4v) is 2.39. The highest BCUT2D eigenvalue weighted by Gasteiger charge is 2.11. The number of hydrogen-bond donors (Lipinski definition) is 1. The number of imidazole rings is 1. The molecule has 0 aliphatic rings. The van der Waals surface area contributed by atoms with E-state index < -0.39 is 11.6 Å². The van der Waals surface area contributed by atoms with Crippen molar-refractivity contribution in [3.63, 3.8) is 0 Å². The van der Waals surface area contributed by atoms with Gasteiger partial charge in [-0.2, -0.15) is 0 Å². The molecule has 0 saturated heterocycles. The molecule has 0 spiro atoms. The van der Waals surface area contributed by atoms with Gasteiger partial charge in [0, 0.05) is 17.6 Å². The Labute approximate surface area is 118 Å². The third-order valence-electron chi connectivity index (χ3n) is 3.39. The number of nitrogens with zero attached hydrogens (tertiary/aromatic N) is 2. The molecular formula is C16H9F2N3. The minimum Gasteiger partial charge on any atom is -0.338 e. The molecule has 0 unspecified atom stereocenters. The highest BCUT2D eigenvalue weighted by molar-refractivity contribution is 5.94. The maximum atomic E-state index is 13.8. The van der Waals surface area contributed by atoms with Crippen molar-refractivity contribution in [3.8, 4) is 11.4 Å². The summed E-state index contributed by atoms with van der Waals surface area (Å²) >= 11 is 0. The Morgan fingerprint density at radius 3 is 2.71 bits per heavy atom.